The van der Waals surface area contributed by atoms with Crippen molar-refractivity contribution in [2.75, 3.05) is 37.7 Å². The van der Waals surface area contributed by atoms with E-state index in [-0.39, 0.29) is 29.6 Å². The molecule has 0 radical (unpaired) electrons. The zero-order chi connectivity index (χ0) is 27.0. The van der Waals surface area contributed by atoms with Gasteiger partial charge in [0.2, 0.25) is 17.7 Å². The Kier molecular flexibility index (Phi) is 7.60. The lowest BCUT2D eigenvalue weighted by atomic mass is 9.78. The third-order valence-corrected chi connectivity index (χ3v) is 9.90. The minimum Gasteiger partial charge on any atom is -0.494 e. The van der Waals surface area contributed by atoms with Crippen molar-refractivity contribution < 1.29 is 24.2 Å². The topological polar surface area (TPSA) is 90.4 Å². The van der Waals surface area contributed by atoms with Crippen LogP contribution in [0, 0.1) is 11.8 Å². The summed E-state index contributed by atoms with van der Waals surface area (Å²) in [5.41, 5.74) is 0.746. The quantitative estimate of drug-likeness (QED) is 0.511. The van der Waals surface area contributed by atoms with E-state index in [0.717, 1.165) is 24.3 Å². The highest BCUT2D eigenvalue weighted by Gasteiger charge is 2.71. The average molecular weight is 540 g/mol. The highest BCUT2D eigenvalue weighted by molar-refractivity contribution is 8.02. The van der Waals surface area contributed by atoms with E-state index in [9.17, 15) is 19.5 Å². The fourth-order valence-electron chi connectivity index (χ4n) is 6.36. The molecule has 6 atom stereocenters. The van der Waals surface area contributed by atoms with Crippen LogP contribution in [0.15, 0.2) is 48.6 Å². The van der Waals surface area contributed by atoms with Crippen molar-refractivity contribution in [3.05, 3.63) is 48.6 Å². The number of amides is 3. The van der Waals surface area contributed by atoms with Gasteiger partial charge in [-0.15, -0.1) is 11.8 Å². The van der Waals surface area contributed by atoms with Crippen molar-refractivity contribution >= 4 is 35.2 Å². The van der Waals surface area contributed by atoms with Gasteiger partial charge >= 0.3 is 0 Å². The van der Waals surface area contributed by atoms with Gasteiger partial charge in [-0.1, -0.05) is 37.6 Å². The molecule has 0 aliphatic carbocycles. The number of carbonyl (C=O) groups is 3. The molecule has 1 spiro atoms. The average Bonchev–Trinajstić information content (AvgIpc) is 3.24. The number of carbonyl (C=O) groups excluding carboxylic acids is 3. The Labute approximate surface area is 228 Å². The number of hydrogen-bond donors (Lipinski definition) is 1. The number of aliphatic hydroxyl groups is 1. The molecular formula is C29H37N3O5S. The summed E-state index contributed by atoms with van der Waals surface area (Å²) in [6.45, 7) is 7.61. The Hall–Kier alpha value is -2.78. The first kappa shape index (κ1) is 26.8. The molecule has 204 valence electrons. The lowest BCUT2D eigenvalue weighted by Crippen LogP contribution is -2.56. The lowest BCUT2D eigenvalue weighted by molar-refractivity contribution is -0.145. The predicted molar refractivity (Wildman–Crippen MR) is 148 cm³/mol. The first-order valence-corrected chi connectivity index (χ1v) is 14.5. The molecule has 3 amide bonds. The standard InChI is InChI=1S/C29H37N3O5S/c1-4-6-15-30-16-8-14-29-24(27(35)32(19(3)18-33)25(29)28(30)36)23-22(38-29)9-7-17-31(26(23)34)20-10-12-21(13-11-20)37-5-2/h7-14,19,22-25,33H,4-6,15-18H2,1-3H3/t19-,22-,23+,24+,25?,29+/m1/s1. The maximum absolute atomic E-state index is 14.2. The van der Waals surface area contributed by atoms with Crippen LogP contribution in [-0.2, 0) is 14.4 Å². The van der Waals surface area contributed by atoms with E-state index in [1.165, 1.54) is 0 Å². The highest BCUT2D eigenvalue weighted by atomic mass is 32.2. The summed E-state index contributed by atoms with van der Waals surface area (Å²) in [4.78, 5) is 47.6. The van der Waals surface area contributed by atoms with Gasteiger partial charge in [0.15, 0.2) is 0 Å². The number of thioether (sulfide) groups is 1. The van der Waals surface area contributed by atoms with Gasteiger partial charge in [0.25, 0.3) is 0 Å². The fraction of sp³-hybridized carbons (Fsp3) is 0.552. The van der Waals surface area contributed by atoms with Gasteiger partial charge in [-0.05, 0) is 44.5 Å². The van der Waals surface area contributed by atoms with Crippen LogP contribution in [0.5, 0.6) is 5.75 Å². The second-order valence-corrected chi connectivity index (χ2v) is 12.0. The SMILES string of the molecule is CCCCN1CC=C[C@]23S[C@@H]4C=CCN(c5ccc(OCC)cc5)C(=O)[C@@H]4[C@H]2C(=O)N([C@H](C)CO)C3C1=O. The van der Waals surface area contributed by atoms with Gasteiger partial charge in [-0.2, -0.15) is 0 Å². The van der Waals surface area contributed by atoms with E-state index < -0.39 is 28.7 Å². The van der Waals surface area contributed by atoms with Crippen LogP contribution in [0.3, 0.4) is 0 Å². The number of anilines is 1. The maximum Gasteiger partial charge on any atom is 0.247 e. The molecule has 0 bridgehead atoms. The maximum atomic E-state index is 14.2. The van der Waals surface area contributed by atoms with E-state index >= 15 is 0 Å². The van der Waals surface area contributed by atoms with Crippen molar-refractivity contribution in [3.8, 4) is 5.75 Å². The van der Waals surface area contributed by atoms with Crippen LogP contribution in [0.25, 0.3) is 0 Å². The molecule has 2 fully saturated rings. The monoisotopic (exact) mass is 539 g/mol. The Morgan fingerprint density at radius 2 is 1.84 bits per heavy atom. The van der Waals surface area contributed by atoms with Gasteiger partial charge in [0.05, 0.1) is 35.8 Å². The lowest BCUT2D eigenvalue weighted by Gasteiger charge is -2.37. The molecule has 0 saturated carbocycles. The second-order valence-electron chi connectivity index (χ2n) is 10.5. The molecule has 1 unspecified atom stereocenters. The summed E-state index contributed by atoms with van der Waals surface area (Å²) >= 11 is 1.57. The first-order valence-electron chi connectivity index (χ1n) is 13.7. The summed E-state index contributed by atoms with van der Waals surface area (Å²) in [7, 11) is 0. The number of fused-ring (bicyclic) bond motifs is 2. The Morgan fingerprint density at radius 1 is 1.08 bits per heavy atom. The third-order valence-electron chi connectivity index (χ3n) is 8.16. The predicted octanol–water partition coefficient (Wildman–Crippen LogP) is 2.86. The van der Waals surface area contributed by atoms with Crippen LogP contribution < -0.4 is 9.64 Å². The van der Waals surface area contributed by atoms with E-state index in [2.05, 4.69) is 6.92 Å². The minimum atomic E-state index is -0.865. The summed E-state index contributed by atoms with van der Waals surface area (Å²) in [6, 6.07) is 6.15. The van der Waals surface area contributed by atoms with Gasteiger partial charge in [0.1, 0.15) is 11.8 Å². The highest BCUT2D eigenvalue weighted by Crippen LogP contribution is 2.61. The molecule has 38 heavy (non-hydrogen) atoms. The van der Waals surface area contributed by atoms with Gasteiger partial charge in [0, 0.05) is 30.6 Å². The molecule has 8 nitrogen and oxygen atoms in total. The molecule has 0 aromatic heterocycles. The first-order chi connectivity index (χ1) is 18.4. The number of rotatable bonds is 8. The number of nitrogens with zero attached hydrogens (tertiary/aromatic N) is 3. The summed E-state index contributed by atoms with van der Waals surface area (Å²) < 4.78 is 4.70. The molecule has 4 aliphatic heterocycles. The molecule has 1 N–H and O–H groups in total. The smallest absolute Gasteiger partial charge is 0.247 e. The molecule has 9 heteroatoms. The van der Waals surface area contributed by atoms with Gasteiger partial charge in [-0.25, -0.2) is 0 Å². The summed E-state index contributed by atoms with van der Waals surface area (Å²) in [5.74, 6) is -0.999. The van der Waals surface area contributed by atoms with Crippen molar-refractivity contribution in [1.82, 2.24) is 9.80 Å². The van der Waals surface area contributed by atoms with E-state index in [0.29, 0.717) is 26.2 Å². The zero-order valence-electron chi connectivity index (χ0n) is 22.3. The minimum absolute atomic E-state index is 0.0941. The zero-order valence-corrected chi connectivity index (χ0v) is 23.1. The van der Waals surface area contributed by atoms with E-state index in [1.54, 1.807) is 28.5 Å². The van der Waals surface area contributed by atoms with Crippen molar-refractivity contribution in [2.24, 2.45) is 11.8 Å². The normalized spacial score (nSPS) is 31.2. The van der Waals surface area contributed by atoms with Crippen LogP contribution in [0.4, 0.5) is 5.69 Å². The van der Waals surface area contributed by atoms with Crippen LogP contribution in [0.2, 0.25) is 0 Å². The van der Waals surface area contributed by atoms with Gasteiger partial charge in [-0.3, -0.25) is 14.4 Å². The van der Waals surface area contributed by atoms with E-state index in [1.807, 2.05) is 60.4 Å². The molecule has 1 aromatic rings. The molecule has 2 saturated heterocycles. The fourth-order valence-corrected chi connectivity index (χ4v) is 8.35. The van der Waals surface area contributed by atoms with Crippen LogP contribution in [0.1, 0.15) is 33.6 Å². The Balaban J connectivity index is 1.54. The van der Waals surface area contributed by atoms with Crippen molar-refractivity contribution in [2.45, 2.75) is 55.7 Å². The molecule has 4 aliphatic rings. The van der Waals surface area contributed by atoms with Crippen LogP contribution >= 0.6 is 11.8 Å². The van der Waals surface area contributed by atoms with Crippen LogP contribution in [-0.4, -0.2) is 87.6 Å². The van der Waals surface area contributed by atoms with E-state index in [4.69, 9.17) is 4.74 Å². The Bertz CT molecular complexity index is 1140. The number of unbranched alkanes of at least 4 members (excludes halogenated alkanes) is 1. The molecule has 4 heterocycles. The molecule has 5 rings (SSSR count). The number of benzene rings is 1. The molecule has 1 aromatic carbocycles. The van der Waals surface area contributed by atoms with Crippen molar-refractivity contribution in [1.29, 1.82) is 0 Å². The summed E-state index contributed by atoms with van der Waals surface area (Å²) in [6.07, 6.45) is 9.89. The Morgan fingerprint density at radius 3 is 2.53 bits per heavy atom. The third kappa shape index (κ3) is 4.24. The van der Waals surface area contributed by atoms with Gasteiger partial charge < -0.3 is 24.5 Å². The second kappa shape index (κ2) is 10.8. The number of ether oxygens (including phenoxy) is 1. The van der Waals surface area contributed by atoms with Crippen molar-refractivity contribution in [3.63, 3.8) is 0 Å². The number of aliphatic hydroxyl groups excluding tert-OH is 1. The number of likely N-dealkylation sites (tertiary alicyclic amines) is 1. The largest absolute Gasteiger partial charge is 0.494 e. The summed E-state index contributed by atoms with van der Waals surface area (Å²) in [5, 5.41) is 9.84. The number of hydrogen-bond acceptors (Lipinski definition) is 6. The molecular weight excluding hydrogens is 502 g/mol.